The van der Waals surface area contributed by atoms with E-state index in [1.54, 1.807) is 18.2 Å². The van der Waals surface area contributed by atoms with Crippen LogP contribution in [0.25, 0.3) is 0 Å². The lowest BCUT2D eigenvalue weighted by molar-refractivity contribution is 0.0103. The lowest BCUT2D eigenvalue weighted by Crippen LogP contribution is -2.37. The Morgan fingerprint density at radius 1 is 1.04 bits per heavy atom. The summed E-state index contributed by atoms with van der Waals surface area (Å²) in [5.41, 5.74) is 1.30. The van der Waals surface area contributed by atoms with Gasteiger partial charge in [-0.2, -0.15) is 0 Å². The van der Waals surface area contributed by atoms with Gasteiger partial charge in [-0.3, -0.25) is 4.90 Å². The number of piperidine rings is 1. The SMILES string of the molecule is Cl.O=C(OC1CCN(Cc2ccccc2F)CC1)c1ccccc1. The highest BCUT2D eigenvalue weighted by Gasteiger charge is 2.23. The van der Waals surface area contributed by atoms with Crippen molar-refractivity contribution in [2.75, 3.05) is 13.1 Å². The molecular weight excluding hydrogens is 329 g/mol. The van der Waals surface area contributed by atoms with Crippen molar-refractivity contribution < 1.29 is 13.9 Å². The maximum absolute atomic E-state index is 13.7. The van der Waals surface area contributed by atoms with Gasteiger partial charge in [-0.1, -0.05) is 36.4 Å². The first-order chi connectivity index (χ1) is 11.2. The highest BCUT2D eigenvalue weighted by molar-refractivity contribution is 5.89. The average molecular weight is 350 g/mol. The fourth-order valence-corrected chi connectivity index (χ4v) is 2.85. The number of ether oxygens (including phenoxy) is 1. The summed E-state index contributed by atoms with van der Waals surface area (Å²) in [5, 5.41) is 0. The molecule has 0 radical (unpaired) electrons. The predicted octanol–water partition coefficient (Wildman–Crippen LogP) is 4.07. The van der Waals surface area contributed by atoms with Crippen LogP contribution in [0.5, 0.6) is 0 Å². The van der Waals surface area contributed by atoms with Gasteiger partial charge in [0, 0.05) is 25.2 Å². The van der Waals surface area contributed by atoms with Crippen molar-refractivity contribution in [2.24, 2.45) is 0 Å². The van der Waals surface area contributed by atoms with Gasteiger partial charge in [-0.25, -0.2) is 9.18 Å². The van der Waals surface area contributed by atoms with E-state index in [1.807, 2.05) is 30.3 Å². The van der Waals surface area contributed by atoms with Crippen molar-refractivity contribution >= 4 is 18.4 Å². The normalized spacial score (nSPS) is 15.5. The Morgan fingerprint density at radius 3 is 2.33 bits per heavy atom. The Bertz CT molecular complexity index is 657. The molecule has 0 spiro atoms. The number of hydrogen-bond acceptors (Lipinski definition) is 3. The molecule has 5 heteroatoms. The molecule has 0 N–H and O–H groups in total. The summed E-state index contributed by atoms with van der Waals surface area (Å²) in [5.74, 6) is -0.428. The van der Waals surface area contributed by atoms with E-state index in [0.717, 1.165) is 25.9 Å². The third-order valence-electron chi connectivity index (χ3n) is 4.17. The largest absolute Gasteiger partial charge is 0.459 e. The summed E-state index contributed by atoms with van der Waals surface area (Å²) in [6.45, 7) is 2.22. The molecular formula is C19H21ClFNO2. The minimum absolute atomic E-state index is 0. The van der Waals surface area contributed by atoms with E-state index in [-0.39, 0.29) is 30.3 Å². The quantitative estimate of drug-likeness (QED) is 0.779. The number of carbonyl (C=O) groups excluding carboxylic acids is 1. The molecule has 3 rings (SSSR count). The second kappa shape index (κ2) is 8.81. The number of hydrogen-bond donors (Lipinski definition) is 0. The summed E-state index contributed by atoms with van der Waals surface area (Å²) in [6.07, 6.45) is 1.51. The second-order valence-corrected chi connectivity index (χ2v) is 5.84. The third kappa shape index (κ3) is 4.79. The van der Waals surface area contributed by atoms with E-state index in [1.165, 1.54) is 6.07 Å². The predicted molar refractivity (Wildman–Crippen MR) is 93.8 cm³/mol. The molecule has 0 bridgehead atoms. The molecule has 0 aromatic heterocycles. The maximum atomic E-state index is 13.7. The molecule has 0 unspecified atom stereocenters. The van der Waals surface area contributed by atoms with Gasteiger partial charge in [0.2, 0.25) is 0 Å². The van der Waals surface area contributed by atoms with Gasteiger partial charge in [0.1, 0.15) is 11.9 Å². The number of rotatable bonds is 4. The summed E-state index contributed by atoms with van der Waals surface area (Å²) >= 11 is 0. The van der Waals surface area contributed by atoms with Crippen LogP contribution in [-0.2, 0) is 11.3 Å². The van der Waals surface area contributed by atoms with E-state index in [2.05, 4.69) is 4.90 Å². The van der Waals surface area contributed by atoms with Gasteiger partial charge in [0.15, 0.2) is 0 Å². The molecule has 2 aromatic carbocycles. The van der Waals surface area contributed by atoms with Crippen LogP contribution in [0.3, 0.4) is 0 Å². The highest BCUT2D eigenvalue weighted by Crippen LogP contribution is 2.18. The number of benzene rings is 2. The second-order valence-electron chi connectivity index (χ2n) is 5.84. The van der Waals surface area contributed by atoms with Gasteiger partial charge in [-0.15, -0.1) is 12.4 Å². The summed E-state index contributed by atoms with van der Waals surface area (Å²) in [4.78, 5) is 14.2. The molecule has 24 heavy (non-hydrogen) atoms. The number of nitrogens with zero attached hydrogens (tertiary/aromatic N) is 1. The van der Waals surface area contributed by atoms with Gasteiger partial charge >= 0.3 is 5.97 Å². The van der Waals surface area contributed by atoms with E-state index in [9.17, 15) is 9.18 Å². The molecule has 0 saturated carbocycles. The van der Waals surface area contributed by atoms with Crippen molar-refractivity contribution in [3.63, 3.8) is 0 Å². The van der Waals surface area contributed by atoms with Crippen LogP contribution in [0.2, 0.25) is 0 Å². The summed E-state index contributed by atoms with van der Waals surface area (Å²) in [7, 11) is 0. The molecule has 1 fully saturated rings. The smallest absolute Gasteiger partial charge is 0.338 e. The molecule has 1 aliphatic rings. The monoisotopic (exact) mass is 349 g/mol. The van der Waals surface area contributed by atoms with E-state index >= 15 is 0 Å². The fraction of sp³-hybridized carbons (Fsp3) is 0.316. The zero-order valence-electron chi connectivity index (χ0n) is 13.4. The Kier molecular flexibility index (Phi) is 6.76. The first-order valence-corrected chi connectivity index (χ1v) is 7.94. The van der Waals surface area contributed by atoms with Gasteiger partial charge in [0.05, 0.1) is 5.56 Å². The van der Waals surface area contributed by atoms with Crippen LogP contribution in [-0.4, -0.2) is 30.1 Å². The van der Waals surface area contributed by atoms with Crippen molar-refractivity contribution in [3.05, 3.63) is 71.5 Å². The Balaban J connectivity index is 0.00000208. The molecule has 2 aromatic rings. The molecule has 3 nitrogen and oxygen atoms in total. The van der Waals surface area contributed by atoms with Gasteiger partial charge < -0.3 is 4.74 Å². The molecule has 1 aliphatic heterocycles. The first-order valence-electron chi connectivity index (χ1n) is 7.94. The number of halogens is 2. The fourth-order valence-electron chi connectivity index (χ4n) is 2.85. The molecule has 0 aliphatic carbocycles. The zero-order chi connectivity index (χ0) is 16.1. The van der Waals surface area contributed by atoms with Gasteiger partial charge in [-0.05, 0) is 31.0 Å². The molecule has 1 heterocycles. The molecule has 128 valence electrons. The number of likely N-dealkylation sites (tertiary alicyclic amines) is 1. The van der Waals surface area contributed by atoms with E-state index in [0.29, 0.717) is 17.7 Å². The molecule has 0 amide bonds. The Hall–Kier alpha value is -1.91. The molecule has 1 saturated heterocycles. The topological polar surface area (TPSA) is 29.5 Å². The Morgan fingerprint density at radius 2 is 1.67 bits per heavy atom. The van der Waals surface area contributed by atoms with Crippen molar-refractivity contribution in [1.82, 2.24) is 4.90 Å². The van der Waals surface area contributed by atoms with Crippen molar-refractivity contribution in [2.45, 2.75) is 25.5 Å². The minimum atomic E-state index is -0.266. The lowest BCUT2D eigenvalue weighted by Gasteiger charge is -2.31. The Labute approximate surface area is 147 Å². The summed E-state index contributed by atoms with van der Waals surface area (Å²) < 4.78 is 19.2. The average Bonchev–Trinajstić information content (AvgIpc) is 2.59. The molecule has 0 atom stereocenters. The minimum Gasteiger partial charge on any atom is -0.459 e. The van der Waals surface area contributed by atoms with E-state index in [4.69, 9.17) is 4.74 Å². The zero-order valence-corrected chi connectivity index (χ0v) is 14.2. The van der Waals surface area contributed by atoms with Crippen LogP contribution in [0.1, 0.15) is 28.8 Å². The van der Waals surface area contributed by atoms with Crippen LogP contribution in [0.4, 0.5) is 4.39 Å². The van der Waals surface area contributed by atoms with Crippen molar-refractivity contribution in [3.8, 4) is 0 Å². The van der Waals surface area contributed by atoms with Crippen LogP contribution in [0, 0.1) is 5.82 Å². The maximum Gasteiger partial charge on any atom is 0.338 e. The summed E-state index contributed by atoms with van der Waals surface area (Å²) in [6, 6.07) is 15.9. The van der Waals surface area contributed by atoms with Gasteiger partial charge in [0.25, 0.3) is 0 Å². The number of carbonyl (C=O) groups is 1. The lowest BCUT2D eigenvalue weighted by atomic mass is 10.1. The first kappa shape index (κ1) is 18.4. The van der Waals surface area contributed by atoms with Crippen LogP contribution < -0.4 is 0 Å². The van der Waals surface area contributed by atoms with E-state index < -0.39 is 0 Å². The highest BCUT2D eigenvalue weighted by atomic mass is 35.5. The van der Waals surface area contributed by atoms with Crippen LogP contribution in [0.15, 0.2) is 54.6 Å². The van der Waals surface area contributed by atoms with Crippen molar-refractivity contribution in [1.29, 1.82) is 0 Å². The standard InChI is InChI=1S/C19H20FNO2.ClH/c20-18-9-5-4-8-16(18)14-21-12-10-17(11-13-21)23-19(22)15-6-2-1-3-7-15;/h1-9,17H,10-14H2;1H. The number of esters is 1. The third-order valence-corrected chi connectivity index (χ3v) is 4.17. The van der Waals surface area contributed by atoms with Crippen LogP contribution >= 0.6 is 12.4 Å².